The van der Waals surface area contributed by atoms with Crippen LogP contribution in [-0.4, -0.2) is 58.6 Å². The lowest BCUT2D eigenvalue weighted by atomic mass is 10.2. The van der Waals surface area contributed by atoms with E-state index in [4.69, 9.17) is 5.11 Å². The molecule has 2 rings (SSSR count). The van der Waals surface area contributed by atoms with Crippen molar-refractivity contribution in [3.8, 4) is 0 Å². The zero-order valence-corrected chi connectivity index (χ0v) is 11.2. The average Bonchev–Trinajstić information content (AvgIpc) is 2.42. The summed E-state index contributed by atoms with van der Waals surface area (Å²) in [6.07, 6.45) is 2.85. The highest BCUT2D eigenvalue weighted by atomic mass is 16.4. The van der Waals surface area contributed by atoms with Gasteiger partial charge in [-0.2, -0.15) is 0 Å². The van der Waals surface area contributed by atoms with E-state index in [1.165, 1.54) is 0 Å². The van der Waals surface area contributed by atoms with Crippen molar-refractivity contribution in [2.75, 3.05) is 32.7 Å². The summed E-state index contributed by atoms with van der Waals surface area (Å²) in [6.45, 7) is 5.90. The monoisotopic (exact) mass is 263 g/mol. The number of rotatable bonds is 6. The van der Waals surface area contributed by atoms with Gasteiger partial charge in [0, 0.05) is 45.3 Å². The van der Waals surface area contributed by atoms with Crippen molar-refractivity contribution in [2.24, 2.45) is 0 Å². The molecule has 0 spiro atoms. The molecule has 0 aromatic carbocycles. The molecule has 1 aromatic rings. The van der Waals surface area contributed by atoms with E-state index in [0.717, 1.165) is 51.4 Å². The molecule has 104 valence electrons. The number of aliphatic carboxylic acids is 1. The lowest BCUT2D eigenvalue weighted by molar-refractivity contribution is -0.137. The van der Waals surface area contributed by atoms with Gasteiger partial charge in [0.2, 0.25) is 0 Å². The molecule has 1 aliphatic heterocycles. The number of hydrogen-bond acceptors (Lipinski definition) is 4. The van der Waals surface area contributed by atoms with E-state index in [-0.39, 0.29) is 6.42 Å². The van der Waals surface area contributed by atoms with Gasteiger partial charge in [-0.3, -0.25) is 14.7 Å². The van der Waals surface area contributed by atoms with Crippen LogP contribution in [-0.2, 0) is 11.3 Å². The molecule has 1 N–H and O–H groups in total. The fourth-order valence-electron chi connectivity index (χ4n) is 2.35. The van der Waals surface area contributed by atoms with Crippen molar-refractivity contribution in [3.63, 3.8) is 0 Å². The van der Waals surface area contributed by atoms with Crippen molar-refractivity contribution < 1.29 is 9.90 Å². The Balaban J connectivity index is 1.66. The normalized spacial score (nSPS) is 17.5. The molecule has 0 radical (unpaired) electrons. The minimum Gasteiger partial charge on any atom is -0.481 e. The van der Waals surface area contributed by atoms with E-state index in [0.29, 0.717) is 0 Å². The van der Waals surface area contributed by atoms with Gasteiger partial charge in [-0.1, -0.05) is 6.07 Å². The molecule has 0 saturated carbocycles. The molecular formula is C14H21N3O2. The highest BCUT2D eigenvalue weighted by Gasteiger charge is 2.16. The maximum absolute atomic E-state index is 10.5. The van der Waals surface area contributed by atoms with Gasteiger partial charge in [-0.15, -0.1) is 0 Å². The molecule has 2 heterocycles. The summed E-state index contributed by atoms with van der Waals surface area (Å²) in [5, 5.41) is 8.62. The van der Waals surface area contributed by atoms with E-state index in [2.05, 4.69) is 20.9 Å². The van der Waals surface area contributed by atoms with Crippen molar-refractivity contribution >= 4 is 5.97 Å². The number of aromatic nitrogens is 1. The van der Waals surface area contributed by atoms with Crippen molar-refractivity contribution in [1.29, 1.82) is 0 Å². The molecule has 0 atom stereocenters. The van der Waals surface area contributed by atoms with Crippen LogP contribution >= 0.6 is 0 Å². The van der Waals surface area contributed by atoms with E-state index in [9.17, 15) is 4.79 Å². The topological polar surface area (TPSA) is 56.7 Å². The third-order valence-corrected chi connectivity index (χ3v) is 3.44. The van der Waals surface area contributed by atoms with Crippen LogP contribution in [0.15, 0.2) is 24.4 Å². The summed E-state index contributed by atoms with van der Waals surface area (Å²) < 4.78 is 0. The molecule has 0 unspecified atom stereocenters. The smallest absolute Gasteiger partial charge is 0.303 e. The summed E-state index contributed by atoms with van der Waals surface area (Å²) in [6, 6.07) is 6.01. The number of carboxylic acids is 1. The van der Waals surface area contributed by atoms with Crippen LogP contribution in [0.25, 0.3) is 0 Å². The predicted molar refractivity (Wildman–Crippen MR) is 72.8 cm³/mol. The van der Waals surface area contributed by atoms with Gasteiger partial charge in [-0.05, 0) is 25.1 Å². The van der Waals surface area contributed by atoms with Crippen molar-refractivity contribution in [1.82, 2.24) is 14.8 Å². The number of piperazine rings is 1. The molecule has 5 heteroatoms. The van der Waals surface area contributed by atoms with Gasteiger partial charge in [0.15, 0.2) is 0 Å². The molecule has 0 bridgehead atoms. The minimum atomic E-state index is -0.700. The molecule has 0 amide bonds. The second-order valence-electron chi connectivity index (χ2n) is 4.94. The minimum absolute atomic E-state index is 0.272. The fraction of sp³-hybridized carbons (Fsp3) is 0.571. The zero-order chi connectivity index (χ0) is 13.5. The molecular weight excluding hydrogens is 242 g/mol. The first kappa shape index (κ1) is 14.0. The largest absolute Gasteiger partial charge is 0.481 e. The molecule has 1 saturated heterocycles. The van der Waals surface area contributed by atoms with Crippen molar-refractivity contribution in [2.45, 2.75) is 19.4 Å². The number of carboxylic acid groups (broad SMARTS) is 1. The van der Waals surface area contributed by atoms with Crippen LogP contribution < -0.4 is 0 Å². The van der Waals surface area contributed by atoms with Crippen LogP contribution in [0, 0.1) is 0 Å². The first-order chi connectivity index (χ1) is 9.24. The van der Waals surface area contributed by atoms with E-state index in [1.807, 2.05) is 18.3 Å². The standard InChI is InChI=1S/C14H21N3O2/c18-14(19)5-3-7-16-8-10-17(11-9-16)12-13-4-1-2-6-15-13/h1-2,4,6H,3,5,7-12H2,(H,18,19). The number of carbonyl (C=O) groups is 1. The van der Waals surface area contributed by atoms with Crippen LogP contribution in [0.3, 0.4) is 0 Å². The average molecular weight is 263 g/mol. The van der Waals surface area contributed by atoms with Crippen LogP contribution in [0.2, 0.25) is 0 Å². The quantitative estimate of drug-likeness (QED) is 0.832. The van der Waals surface area contributed by atoms with E-state index < -0.39 is 5.97 Å². The summed E-state index contributed by atoms with van der Waals surface area (Å²) in [5.41, 5.74) is 1.11. The summed E-state index contributed by atoms with van der Waals surface area (Å²) >= 11 is 0. The maximum atomic E-state index is 10.5. The van der Waals surface area contributed by atoms with E-state index >= 15 is 0 Å². The Labute approximate surface area is 113 Å². The first-order valence-corrected chi connectivity index (χ1v) is 6.80. The van der Waals surface area contributed by atoms with Gasteiger partial charge in [0.25, 0.3) is 0 Å². The Morgan fingerprint density at radius 2 is 1.95 bits per heavy atom. The third-order valence-electron chi connectivity index (χ3n) is 3.44. The fourth-order valence-corrected chi connectivity index (χ4v) is 2.35. The lowest BCUT2D eigenvalue weighted by Crippen LogP contribution is -2.46. The third kappa shape index (κ3) is 4.96. The Bertz CT molecular complexity index is 389. The van der Waals surface area contributed by atoms with Gasteiger partial charge in [-0.25, -0.2) is 0 Å². The van der Waals surface area contributed by atoms with Gasteiger partial charge in [0.05, 0.1) is 5.69 Å². The van der Waals surface area contributed by atoms with Crippen LogP contribution in [0.4, 0.5) is 0 Å². The molecule has 0 aliphatic carbocycles. The highest BCUT2D eigenvalue weighted by molar-refractivity contribution is 5.66. The Morgan fingerprint density at radius 1 is 1.21 bits per heavy atom. The van der Waals surface area contributed by atoms with Gasteiger partial charge >= 0.3 is 5.97 Å². The predicted octanol–water partition coefficient (Wildman–Crippen LogP) is 1.06. The molecule has 19 heavy (non-hydrogen) atoms. The SMILES string of the molecule is O=C(O)CCCN1CCN(Cc2ccccn2)CC1. The second kappa shape index (κ2) is 7.21. The Kier molecular flexibility index (Phi) is 5.30. The summed E-state index contributed by atoms with van der Waals surface area (Å²) in [4.78, 5) is 19.5. The van der Waals surface area contributed by atoms with E-state index in [1.54, 1.807) is 0 Å². The van der Waals surface area contributed by atoms with Crippen LogP contribution in [0.1, 0.15) is 18.5 Å². The summed E-state index contributed by atoms with van der Waals surface area (Å²) in [7, 11) is 0. The lowest BCUT2D eigenvalue weighted by Gasteiger charge is -2.34. The van der Waals surface area contributed by atoms with Gasteiger partial charge in [0.1, 0.15) is 0 Å². The first-order valence-electron chi connectivity index (χ1n) is 6.80. The zero-order valence-electron chi connectivity index (χ0n) is 11.2. The molecule has 1 aliphatic rings. The number of pyridine rings is 1. The Hall–Kier alpha value is -1.46. The van der Waals surface area contributed by atoms with Gasteiger partial charge < -0.3 is 10.0 Å². The highest BCUT2D eigenvalue weighted by Crippen LogP contribution is 2.07. The number of nitrogens with zero attached hydrogens (tertiary/aromatic N) is 3. The molecule has 5 nitrogen and oxygen atoms in total. The molecule has 1 fully saturated rings. The molecule has 1 aromatic heterocycles. The summed E-state index contributed by atoms with van der Waals surface area (Å²) in [5.74, 6) is -0.700. The maximum Gasteiger partial charge on any atom is 0.303 e. The van der Waals surface area contributed by atoms with Crippen LogP contribution in [0.5, 0.6) is 0 Å². The Morgan fingerprint density at radius 3 is 2.58 bits per heavy atom. The number of hydrogen-bond donors (Lipinski definition) is 1. The van der Waals surface area contributed by atoms with Crippen molar-refractivity contribution in [3.05, 3.63) is 30.1 Å². The second-order valence-corrected chi connectivity index (χ2v) is 4.94.